The van der Waals surface area contributed by atoms with Crippen LogP contribution in [0.25, 0.3) is 11.1 Å². The Kier molecular flexibility index (Phi) is 4.71. The van der Waals surface area contributed by atoms with Crippen LogP contribution in [0.5, 0.6) is 0 Å². The third-order valence-electron chi connectivity index (χ3n) is 4.52. The molecule has 1 fully saturated rings. The van der Waals surface area contributed by atoms with Gasteiger partial charge in [0.05, 0.1) is 6.20 Å². The summed E-state index contributed by atoms with van der Waals surface area (Å²) in [5, 5.41) is 4.54. The fourth-order valence-electron chi connectivity index (χ4n) is 3.28. The molecule has 0 atom stereocenters. The van der Waals surface area contributed by atoms with Gasteiger partial charge in [0, 0.05) is 18.3 Å². The first-order chi connectivity index (χ1) is 10.3. The van der Waals surface area contributed by atoms with Crippen molar-refractivity contribution in [2.45, 2.75) is 45.1 Å². The maximum absolute atomic E-state index is 5.59. The van der Waals surface area contributed by atoms with Gasteiger partial charge < -0.3 is 5.73 Å². The van der Waals surface area contributed by atoms with E-state index in [-0.39, 0.29) is 0 Å². The van der Waals surface area contributed by atoms with Crippen molar-refractivity contribution >= 4 is 0 Å². The Hall–Kier alpha value is -1.61. The highest BCUT2D eigenvalue weighted by Crippen LogP contribution is 2.26. The minimum absolute atomic E-state index is 0.707. The molecule has 0 saturated heterocycles. The van der Waals surface area contributed by atoms with E-state index in [2.05, 4.69) is 40.2 Å². The number of benzene rings is 1. The lowest BCUT2D eigenvalue weighted by Gasteiger charge is -2.21. The topological polar surface area (TPSA) is 43.8 Å². The van der Waals surface area contributed by atoms with E-state index in [1.165, 1.54) is 48.8 Å². The molecule has 0 radical (unpaired) electrons. The minimum Gasteiger partial charge on any atom is -0.330 e. The molecule has 0 bridgehead atoms. The smallest absolute Gasteiger partial charge is 0.0568 e. The van der Waals surface area contributed by atoms with E-state index in [9.17, 15) is 0 Å². The second kappa shape index (κ2) is 6.90. The number of aromatic nitrogens is 2. The third-order valence-corrected chi connectivity index (χ3v) is 4.52. The van der Waals surface area contributed by atoms with Gasteiger partial charge in [0.25, 0.3) is 0 Å². The van der Waals surface area contributed by atoms with Crippen molar-refractivity contribution < 1.29 is 0 Å². The van der Waals surface area contributed by atoms with Crippen LogP contribution in [-0.4, -0.2) is 16.3 Å². The second-order valence-electron chi connectivity index (χ2n) is 6.19. The number of hydrogen-bond donors (Lipinski definition) is 1. The normalized spacial score (nSPS) is 16.2. The summed E-state index contributed by atoms with van der Waals surface area (Å²) in [5.41, 5.74) is 9.34. The average Bonchev–Trinajstić information content (AvgIpc) is 2.98. The maximum Gasteiger partial charge on any atom is 0.0568 e. The van der Waals surface area contributed by atoms with Gasteiger partial charge >= 0.3 is 0 Å². The summed E-state index contributed by atoms with van der Waals surface area (Å²) < 4.78 is 2.12. The molecule has 0 aliphatic heterocycles. The van der Waals surface area contributed by atoms with Crippen LogP contribution >= 0.6 is 0 Å². The zero-order valence-corrected chi connectivity index (χ0v) is 12.7. The van der Waals surface area contributed by atoms with Gasteiger partial charge in [-0.25, -0.2) is 0 Å². The summed E-state index contributed by atoms with van der Waals surface area (Å²) in [6.45, 7) is 1.78. The largest absolute Gasteiger partial charge is 0.330 e. The van der Waals surface area contributed by atoms with Crippen LogP contribution in [0.3, 0.4) is 0 Å². The number of nitrogens with zero attached hydrogens (tertiary/aromatic N) is 2. The summed E-state index contributed by atoms with van der Waals surface area (Å²) in [5.74, 6) is 0.818. The molecule has 3 rings (SSSR count). The maximum atomic E-state index is 5.59. The molecule has 1 aromatic carbocycles. The quantitative estimate of drug-likeness (QED) is 0.910. The van der Waals surface area contributed by atoms with Gasteiger partial charge in [0.2, 0.25) is 0 Å². The van der Waals surface area contributed by atoms with Crippen LogP contribution in [0.2, 0.25) is 0 Å². The van der Waals surface area contributed by atoms with Gasteiger partial charge in [-0.15, -0.1) is 0 Å². The second-order valence-corrected chi connectivity index (χ2v) is 6.19. The molecule has 2 aromatic rings. The molecule has 1 aliphatic carbocycles. The molecular weight excluding hydrogens is 258 g/mol. The van der Waals surface area contributed by atoms with Gasteiger partial charge in [0.1, 0.15) is 0 Å². The molecule has 1 heterocycles. The highest BCUT2D eigenvalue weighted by atomic mass is 15.3. The van der Waals surface area contributed by atoms with E-state index in [1.807, 2.05) is 6.20 Å². The zero-order valence-electron chi connectivity index (χ0n) is 12.7. The van der Waals surface area contributed by atoms with Crippen molar-refractivity contribution in [1.82, 2.24) is 9.78 Å². The lowest BCUT2D eigenvalue weighted by molar-refractivity contribution is 0.308. The van der Waals surface area contributed by atoms with Crippen molar-refractivity contribution in [3.8, 4) is 11.1 Å². The lowest BCUT2D eigenvalue weighted by Crippen LogP contribution is -2.14. The van der Waals surface area contributed by atoms with Gasteiger partial charge in [-0.3, -0.25) is 4.68 Å². The molecule has 1 aromatic heterocycles. The Bertz CT molecular complexity index is 550. The van der Waals surface area contributed by atoms with Crippen LogP contribution < -0.4 is 5.73 Å². The molecule has 0 spiro atoms. The molecule has 3 heteroatoms. The molecule has 1 saturated carbocycles. The van der Waals surface area contributed by atoms with E-state index in [1.54, 1.807) is 0 Å². The lowest BCUT2D eigenvalue weighted by atomic mass is 9.89. The molecule has 21 heavy (non-hydrogen) atoms. The van der Waals surface area contributed by atoms with E-state index in [0.29, 0.717) is 6.54 Å². The minimum atomic E-state index is 0.707. The van der Waals surface area contributed by atoms with Crippen molar-refractivity contribution in [1.29, 1.82) is 0 Å². The molecule has 2 N–H and O–H groups in total. The summed E-state index contributed by atoms with van der Waals surface area (Å²) in [7, 11) is 0. The SMILES string of the molecule is NCCc1ccc(-c2cnn(CC3CCCCC3)c2)cc1. The van der Waals surface area contributed by atoms with Crippen molar-refractivity contribution in [2.24, 2.45) is 11.7 Å². The molecule has 112 valence electrons. The predicted molar refractivity (Wildman–Crippen MR) is 87.0 cm³/mol. The zero-order chi connectivity index (χ0) is 14.5. The van der Waals surface area contributed by atoms with E-state index >= 15 is 0 Å². The number of rotatable bonds is 5. The summed E-state index contributed by atoms with van der Waals surface area (Å²) in [6, 6.07) is 8.68. The number of hydrogen-bond acceptors (Lipinski definition) is 2. The van der Waals surface area contributed by atoms with Crippen molar-refractivity contribution in [3.05, 3.63) is 42.2 Å². The molecule has 0 unspecified atom stereocenters. The highest BCUT2D eigenvalue weighted by molar-refractivity contribution is 5.61. The average molecular weight is 283 g/mol. The Labute approximate surface area is 127 Å². The Morgan fingerprint density at radius 1 is 1.05 bits per heavy atom. The van der Waals surface area contributed by atoms with Crippen molar-refractivity contribution in [3.63, 3.8) is 0 Å². The fourth-order valence-corrected chi connectivity index (χ4v) is 3.28. The Morgan fingerprint density at radius 3 is 2.52 bits per heavy atom. The van der Waals surface area contributed by atoms with Crippen LogP contribution in [0.15, 0.2) is 36.7 Å². The Balaban J connectivity index is 1.66. The monoisotopic (exact) mass is 283 g/mol. The Morgan fingerprint density at radius 2 is 1.81 bits per heavy atom. The van der Waals surface area contributed by atoms with Gasteiger partial charge in [-0.1, -0.05) is 43.5 Å². The van der Waals surface area contributed by atoms with E-state index < -0.39 is 0 Å². The first-order valence-corrected chi connectivity index (χ1v) is 8.17. The summed E-state index contributed by atoms with van der Waals surface area (Å²) in [4.78, 5) is 0. The predicted octanol–water partition coefficient (Wildman–Crippen LogP) is 3.63. The first-order valence-electron chi connectivity index (χ1n) is 8.17. The van der Waals surface area contributed by atoms with Crippen LogP contribution in [-0.2, 0) is 13.0 Å². The van der Waals surface area contributed by atoms with Crippen LogP contribution in [0.1, 0.15) is 37.7 Å². The number of nitrogens with two attached hydrogens (primary N) is 1. The summed E-state index contributed by atoms with van der Waals surface area (Å²) >= 11 is 0. The fraction of sp³-hybridized carbons (Fsp3) is 0.500. The van der Waals surface area contributed by atoms with Crippen molar-refractivity contribution in [2.75, 3.05) is 6.54 Å². The van der Waals surface area contributed by atoms with Crippen LogP contribution in [0.4, 0.5) is 0 Å². The first kappa shape index (κ1) is 14.3. The van der Waals surface area contributed by atoms with Crippen LogP contribution in [0, 0.1) is 5.92 Å². The molecular formula is C18H25N3. The van der Waals surface area contributed by atoms with E-state index in [4.69, 9.17) is 5.73 Å². The van der Waals surface area contributed by atoms with Gasteiger partial charge in [0.15, 0.2) is 0 Å². The molecule has 1 aliphatic rings. The highest BCUT2D eigenvalue weighted by Gasteiger charge is 2.14. The van der Waals surface area contributed by atoms with E-state index in [0.717, 1.165) is 18.9 Å². The standard InChI is InChI=1S/C18H25N3/c19-11-10-15-6-8-17(9-7-15)18-12-20-21(14-18)13-16-4-2-1-3-5-16/h6-9,12,14,16H,1-5,10-11,13,19H2. The summed E-state index contributed by atoms with van der Waals surface area (Å²) in [6.07, 6.45) is 12.0. The molecule has 3 nitrogen and oxygen atoms in total. The van der Waals surface area contributed by atoms with Gasteiger partial charge in [-0.05, 0) is 42.9 Å². The third kappa shape index (κ3) is 3.73. The molecule has 0 amide bonds. The van der Waals surface area contributed by atoms with Gasteiger partial charge in [-0.2, -0.15) is 5.10 Å².